The minimum Gasteiger partial charge on any atom is -0.362 e. The second-order valence-corrected chi connectivity index (χ2v) is 6.41. The van der Waals surface area contributed by atoms with Gasteiger partial charge in [0.1, 0.15) is 0 Å². The van der Waals surface area contributed by atoms with E-state index in [4.69, 9.17) is 0 Å². The van der Waals surface area contributed by atoms with Crippen molar-refractivity contribution < 1.29 is 10.2 Å². The molecule has 0 atom stereocenters. The Morgan fingerprint density at radius 1 is 1.06 bits per heavy atom. The lowest BCUT2D eigenvalue weighted by Crippen LogP contribution is -2.28. The summed E-state index contributed by atoms with van der Waals surface area (Å²) in [6.07, 6.45) is 2.13. The van der Waals surface area contributed by atoms with Crippen LogP contribution in [0.1, 0.15) is 17.5 Å². The summed E-state index contributed by atoms with van der Waals surface area (Å²) in [5, 5.41) is 22.3. The molecular formula is C14H10Br2O2. The largest absolute Gasteiger partial charge is 0.362 e. The van der Waals surface area contributed by atoms with Gasteiger partial charge in [-0.05, 0) is 34.5 Å². The molecule has 0 aromatic heterocycles. The minimum absolute atomic E-state index is 0.180. The van der Waals surface area contributed by atoms with E-state index in [9.17, 15) is 10.2 Å². The minimum atomic E-state index is -1.81. The number of halogens is 2. The molecule has 0 radical (unpaired) electrons. The van der Waals surface area contributed by atoms with Crippen molar-refractivity contribution in [2.45, 2.75) is 12.2 Å². The molecule has 2 nitrogen and oxygen atoms in total. The van der Waals surface area contributed by atoms with Crippen LogP contribution in [-0.2, 0) is 5.79 Å². The average molecular weight is 370 g/mol. The van der Waals surface area contributed by atoms with Crippen molar-refractivity contribution in [3.05, 3.63) is 50.4 Å². The molecule has 0 aliphatic heterocycles. The van der Waals surface area contributed by atoms with E-state index in [1.54, 1.807) is 6.07 Å². The van der Waals surface area contributed by atoms with Gasteiger partial charge in [-0.3, -0.25) is 0 Å². The van der Waals surface area contributed by atoms with Crippen molar-refractivity contribution >= 4 is 48.7 Å². The van der Waals surface area contributed by atoms with E-state index < -0.39 is 5.79 Å². The second-order valence-electron chi connectivity index (χ2n) is 4.48. The molecule has 0 saturated carbocycles. The Morgan fingerprint density at radius 2 is 1.78 bits per heavy atom. The van der Waals surface area contributed by atoms with E-state index in [1.807, 2.05) is 30.3 Å². The van der Waals surface area contributed by atoms with Crippen molar-refractivity contribution in [2.24, 2.45) is 0 Å². The van der Waals surface area contributed by atoms with Crippen LogP contribution in [-0.4, -0.2) is 10.2 Å². The van der Waals surface area contributed by atoms with E-state index >= 15 is 0 Å². The van der Waals surface area contributed by atoms with Crippen molar-refractivity contribution in [1.82, 2.24) is 0 Å². The Balaban J connectivity index is 2.42. The number of fused-ring (bicyclic) bond motifs is 3. The quantitative estimate of drug-likeness (QED) is 0.692. The molecule has 92 valence electrons. The summed E-state index contributed by atoms with van der Waals surface area (Å²) in [6, 6.07) is 9.66. The highest BCUT2D eigenvalue weighted by atomic mass is 79.9. The summed E-state index contributed by atoms with van der Waals surface area (Å²) in [4.78, 5) is 0. The Kier molecular flexibility index (Phi) is 2.86. The van der Waals surface area contributed by atoms with Gasteiger partial charge in [0, 0.05) is 20.9 Å². The molecule has 0 fully saturated rings. The van der Waals surface area contributed by atoms with Gasteiger partial charge in [-0.15, -0.1) is 0 Å². The maximum absolute atomic E-state index is 10.1. The fourth-order valence-electron chi connectivity index (χ4n) is 2.36. The lowest BCUT2D eigenvalue weighted by atomic mass is 9.88. The van der Waals surface area contributed by atoms with E-state index in [0.29, 0.717) is 5.56 Å². The summed E-state index contributed by atoms with van der Waals surface area (Å²) in [7, 11) is 0. The normalized spacial score (nSPS) is 17.4. The summed E-state index contributed by atoms with van der Waals surface area (Å²) in [5.74, 6) is -1.81. The van der Waals surface area contributed by atoms with Crippen LogP contribution >= 0.6 is 31.9 Å². The highest BCUT2D eigenvalue weighted by Gasteiger charge is 2.33. The molecule has 0 unspecified atom stereocenters. The first kappa shape index (κ1) is 12.4. The van der Waals surface area contributed by atoms with Crippen LogP contribution in [0.2, 0.25) is 0 Å². The standard InChI is InChI=1S/C14H10Br2O2/c15-9-3-1-8-2-4-13-12(11(8)5-9)6-10(16)7-14(13,17)18/h1-6,17-18H,7H2. The fourth-order valence-corrected chi connectivity index (χ4v) is 3.34. The Bertz CT molecular complexity index is 675. The number of benzene rings is 2. The average Bonchev–Trinajstić information content (AvgIpc) is 2.27. The highest BCUT2D eigenvalue weighted by Crippen LogP contribution is 2.40. The number of rotatable bonds is 0. The highest BCUT2D eigenvalue weighted by molar-refractivity contribution is 9.11. The van der Waals surface area contributed by atoms with Crippen molar-refractivity contribution in [1.29, 1.82) is 0 Å². The number of hydrogen-bond acceptors (Lipinski definition) is 2. The zero-order chi connectivity index (χ0) is 12.9. The van der Waals surface area contributed by atoms with Crippen LogP contribution < -0.4 is 0 Å². The third-order valence-electron chi connectivity index (χ3n) is 3.17. The van der Waals surface area contributed by atoms with Crippen molar-refractivity contribution in [3.8, 4) is 0 Å². The second kappa shape index (κ2) is 4.17. The first-order valence-electron chi connectivity index (χ1n) is 5.51. The van der Waals surface area contributed by atoms with Gasteiger partial charge in [-0.2, -0.15) is 0 Å². The fraction of sp³-hybridized carbons (Fsp3) is 0.143. The summed E-state index contributed by atoms with van der Waals surface area (Å²) in [6.45, 7) is 0. The van der Waals surface area contributed by atoms with Gasteiger partial charge in [-0.25, -0.2) is 0 Å². The van der Waals surface area contributed by atoms with Gasteiger partial charge < -0.3 is 10.2 Å². The predicted octanol–water partition coefficient (Wildman–Crippen LogP) is 3.88. The van der Waals surface area contributed by atoms with Gasteiger partial charge >= 0.3 is 0 Å². The smallest absolute Gasteiger partial charge is 0.195 e. The summed E-state index contributed by atoms with van der Waals surface area (Å²) < 4.78 is 1.76. The lowest BCUT2D eigenvalue weighted by molar-refractivity contribution is -0.167. The van der Waals surface area contributed by atoms with Crippen LogP contribution in [0.25, 0.3) is 16.8 Å². The number of hydrogen-bond donors (Lipinski definition) is 2. The molecule has 0 amide bonds. The van der Waals surface area contributed by atoms with Gasteiger partial charge in [0.25, 0.3) is 0 Å². The molecule has 0 bridgehead atoms. The van der Waals surface area contributed by atoms with Crippen LogP contribution in [0.4, 0.5) is 0 Å². The molecular weight excluding hydrogens is 360 g/mol. The zero-order valence-electron chi connectivity index (χ0n) is 9.32. The maximum Gasteiger partial charge on any atom is 0.195 e. The van der Waals surface area contributed by atoms with Crippen LogP contribution in [0.15, 0.2) is 39.3 Å². The van der Waals surface area contributed by atoms with E-state index in [-0.39, 0.29) is 6.42 Å². The Hall–Kier alpha value is -0.680. The van der Waals surface area contributed by atoms with Crippen molar-refractivity contribution in [2.75, 3.05) is 0 Å². The molecule has 0 spiro atoms. The topological polar surface area (TPSA) is 40.5 Å². The maximum atomic E-state index is 10.1. The van der Waals surface area contributed by atoms with Crippen LogP contribution in [0.5, 0.6) is 0 Å². The van der Waals surface area contributed by atoms with E-state index in [1.165, 1.54) is 0 Å². The lowest BCUT2D eigenvalue weighted by Gasteiger charge is -2.28. The van der Waals surface area contributed by atoms with Gasteiger partial charge in [0.15, 0.2) is 5.79 Å². The van der Waals surface area contributed by atoms with Gasteiger partial charge in [0.2, 0.25) is 0 Å². The molecule has 0 saturated heterocycles. The molecule has 2 aromatic rings. The molecule has 3 rings (SSSR count). The Labute approximate surface area is 121 Å². The van der Waals surface area contributed by atoms with Gasteiger partial charge in [0.05, 0.1) is 0 Å². The van der Waals surface area contributed by atoms with Gasteiger partial charge in [-0.1, -0.05) is 50.1 Å². The first-order valence-corrected chi connectivity index (χ1v) is 7.09. The predicted molar refractivity (Wildman–Crippen MR) is 79.3 cm³/mol. The van der Waals surface area contributed by atoms with E-state index in [2.05, 4.69) is 31.9 Å². The number of aliphatic hydroxyl groups is 2. The Morgan fingerprint density at radius 3 is 2.56 bits per heavy atom. The third-order valence-corrected chi connectivity index (χ3v) is 4.18. The SMILES string of the molecule is OC1(O)CC(Br)=Cc2c1ccc1ccc(Br)cc21. The van der Waals surface area contributed by atoms with Crippen molar-refractivity contribution in [3.63, 3.8) is 0 Å². The molecule has 1 aliphatic carbocycles. The van der Waals surface area contributed by atoms with Crippen LogP contribution in [0.3, 0.4) is 0 Å². The van der Waals surface area contributed by atoms with E-state index in [0.717, 1.165) is 25.3 Å². The first-order chi connectivity index (χ1) is 8.47. The molecule has 18 heavy (non-hydrogen) atoms. The molecule has 2 N–H and O–H groups in total. The molecule has 0 heterocycles. The molecule has 4 heteroatoms. The zero-order valence-corrected chi connectivity index (χ0v) is 12.5. The monoisotopic (exact) mass is 368 g/mol. The summed E-state index contributed by atoms with van der Waals surface area (Å²) in [5.41, 5.74) is 1.41. The van der Waals surface area contributed by atoms with Crippen LogP contribution in [0, 0.1) is 0 Å². The molecule has 2 aromatic carbocycles. The summed E-state index contributed by atoms with van der Waals surface area (Å²) >= 11 is 6.81. The third kappa shape index (κ3) is 1.93. The molecule has 1 aliphatic rings.